The summed E-state index contributed by atoms with van der Waals surface area (Å²) >= 11 is 3.78. The summed E-state index contributed by atoms with van der Waals surface area (Å²) in [5.41, 5.74) is 4.24. The van der Waals surface area contributed by atoms with Gasteiger partial charge in [0.25, 0.3) is 0 Å². The summed E-state index contributed by atoms with van der Waals surface area (Å²) in [6, 6.07) is 6.43. The van der Waals surface area contributed by atoms with E-state index < -0.39 is 0 Å². The van der Waals surface area contributed by atoms with Crippen LogP contribution in [0.5, 0.6) is 0 Å². The average Bonchev–Trinajstić information content (AvgIpc) is 2.97. The molecule has 84 valence electrons. The Morgan fingerprint density at radius 1 is 1.44 bits per heavy atom. The zero-order chi connectivity index (χ0) is 10.8. The third-order valence-corrected chi connectivity index (χ3v) is 4.97. The minimum Gasteiger partial charge on any atom is -0.385 e. The number of fused-ring (bicyclic) bond motifs is 1. The molecule has 2 nitrogen and oxygen atoms in total. The average molecular weight is 250 g/mol. The van der Waals surface area contributed by atoms with Gasteiger partial charge >= 0.3 is 0 Å². The van der Waals surface area contributed by atoms with Gasteiger partial charge in [0.15, 0.2) is 0 Å². The molecule has 0 saturated carbocycles. The molecular formula is C12H14N2S2. The topological polar surface area (TPSA) is 24.9 Å². The molecule has 0 spiro atoms. The van der Waals surface area contributed by atoms with Crippen LogP contribution in [0.3, 0.4) is 0 Å². The first-order chi connectivity index (χ1) is 7.92. The van der Waals surface area contributed by atoms with Crippen LogP contribution < -0.4 is 5.32 Å². The van der Waals surface area contributed by atoms with Gasteiger partial charge in [-0.1, -0.05) is 0 Å². The third kappa shape index (κ3) is 2.18. The molecule has 1 unspecified atom stereocenters. The van der Waals surface area contributed by atoms with Gasteiger partial charge in [-0.2, -0.15) is 11.8 Å². The zero-order valence-corrected chi connectivity index (χ0v) is 10.6. The minimum absolute atomic E-state index is 0.849. The van der Waals surface area contributed by atoms with E-state index in [0.717, 1.165) is 18.0 Å². The Morgan fingerprint density at radius 2 is 2.44 bits per heavy atom. The molecule has 1 aromatic carbocycles. The van der Waals surface area contributed by atoms with Gasteiger partial charge < -0.3 is 5.32 Å². The number of anilines is 1. The maximum absolute atomic E-state index is 4.28. The molecular weight excluding hydrogens is 236 g/mol. The lowest BCUT2D eigenvalue weighted by Gasteiger charge is -2.10. The normalized spacial score (nSPS) is 20.4. The van der Waals surface area contributed by atoms with Crippen molar-refractivity contribution in [1.82, 2.24) is 4.98 Å². The van der Waals surface area contributed by atoms with E-state index in [-0.39, 0.29) is 0 Å². The molecule has 0 bridgehead atoms. The van der Waals surface area contributed by atoms with Crippen molar-refractivity contribution in [1.29, 1.82) is 0 Å². The minimum atomic E-state index is 0.849. The second-order valence-corrected chi connectivity index (χ2v) is 6.18. The molecule has 16 heavy (non-hydrogen) atoms. The zero-order valence-electron chi connectivity index (χ0n) is 8.98. The van der Waals surface area contributed by atoms with Crippen molar-refractivity contribution in [3.63, 3.8) is 0 Å². The number of benzene rings is 1. The van der Waals surface area contributed by atoms with Crippen molar-refractivity contribution in [3.05, 3.63) is 23.7 Å². The SMILES string of the molecule is c1nc2ccc(NCC3CCSC3)cc2s1. The Labute approximate surface area is 103 Å². The molecule has 1 atom stereocenters. The van der Waals surface area contributed by atoms with Gasteiger partial charge in [-0.15, -0.1) is 11.3 Å². The van der Waals surface area contributed by atoms with Gasteiger partial charge in [0.1, 0.15) is 0 Å². The van der Waals surface area contributed by atoms with Crippen LogP contribution in [-0.2, 0) is 0 Å². The molecule has 1 N–H and O–H groups in total. The summed E-state index contributed by atoms with van der Waals surface area (Å²) in [5.74, 6) is 3.50. The van der Waals surface area contributed by atoms with Crippen molar-refractivity contribution in [2.45, 2.75) is 6.42 Å². The first-order valence-electron chi connectivity index (χ1n) is 5.57. The second kappa shape index (κ2) is 4.63. The van der Waals surface area contributed by atoms with Crippen LogP contribution in [0, 0.1) is 5.92 Å². The van der Waals surface area contributed by atoms with E-state index in [1.807, 2.05) is 5.51 Å². The number of thioether (sulfide) groups is 1. The smallest absolute Gasteiger partial charge is 0.0813 e. The number of nitrogens with zero attached hydrogens (tertiary/aromatic N) is 1. The van der Waals surface area contributed by atoms with E-state index in [1.54, 1.807) is 11.3 Å². The summed E-state index contributed by atoms with van der Waals surface area (Å²) < 4.78 is 1.27. The molecule has 4 heteroatoms. The largest absolute Gasteiger partial charge is 0.385 e. The first-order valence-corrected chi connectivity index (χ1v) is 7.60. The highest BCUT2D eigenvalue weighted by Crippen LogP contribution is 2.25. The second-order valence-electron chi connectivity index (χ2n) is 4.15. The molecule has 2 aromatic rings. The molecule has 1 aromatic heterocycles. The number of thiazole rings is 1. The molecule has 0 aliphatic carbocycles. The van der Waals surface area contributed by atoms with E-state index in [9.17, 15) is 0 Å². The Kier molecular flexibility index (Phi) is 3.02. The van der Waals surface area contributed by atoms with Crippen LogP contribution in [0.15, 0.2) is 23.7 Å². The molecule has 1 aliphatic heterocycles. The number of aromatic nitrogens is 1. The lowest BCUT2D eigenvalue weighted by molar-refractivity contribution is 0.632. The fraction of sp³-hybridized carbons (Fsp3) is 0.417. The Bertz CT molecular complexity index is 475. The van der Waals surface area contributed by atoms with Crippen LogP contribution >= 0.6 is 23.1 Å². The fourth-order valence-electron chi connectivity index (χ4n) is 1.97. The van der Waals surface area contributed by atoms with Gasteiger partial charge in [0.2, 0.25) is 0 Å². The molecule has 1 fully saturated rings. The van der Waals surface area contributed by atoms with E-state index in [1.165, 1.54) is 28.3 Å². The Hall–Kier alpha value is -0.740. The maximum atomic E-state index is 4.28. The highest BCUT2D eigenvalue weighted by atomic mass is 32.2. The predicted molar refractivity (Wildman–Crippen MR) is 73.5 cm³/mol. The molecule has 0 radical (unpaired) electrons. The van der Waals surface area contributed by atoms with E-state index >= 15 is 0 Å². The fourth-order valence-corrected chi connectivity index (χ4v) is 3.97. The summed E-state index contributed by atoms with van der Waals surface area (Å²) in [6.07, 6.45) is 1.36. The lowest BCUT2D eigenvalue weighted by Crippen LogP contribution is -2.13. The van der Waals surface area contributed by atoms with Crippen LogP contribution in [0.4, 0.5) is 5.69 Å². The Balaban J connectivity index is 1.68. The van der Waals surface area contributed by atoms with Crippen molar-refractivity contribution in [3.8, 4) is 0 Å². The summed E-state index contributed by atoms with van der Waals surface area (Å²) in [7, 11) is 0. The molecule has 1 aliphatic rings. The third-order valence-electron chi connectivity index (χ3n) is 2.95. The summed E-state index contributed by atoms with van der Waals surface area (Å²) in [5, 5.41) is 3.53. The molecule has 0 amide bonds. The maximum Gasteiger partial charge on any atom is 0.0813 e. The quantitative estimate of drug-likeness (QED) is 0.903. The van der Waals surface area contributed by atoms with E-state index in [0.29, 0.717) is 0 Å². The van der Waals surface area contributed by atoms with Crippen molar-refractivity contribution in [2.75, 3.05) is 23.4 Å². The van der Waals surface area contributed by atoms with Crippen LogP contribution in [0.2, 0.25) is 0 Å². The van der Waals surface area contributed by atoms with Crippen LogP contribution in [0.1, 0.15) is 6.42 Å². The number of rotatable bonds is 3. The number of nitrogens with one attached hydrogen (secondary N) is 1. The van der Waals surface area contributed by atoms with Crippen molar-refractivity contribution in [2.24, 2.45) is 5.92 Å². The Morgan fingerprint density at radius 3 is 3.31 bits per heavy atom. The van der Waals surface area contributed by atoms with Crippen molar-refractivity contribution >= 4 is 39.0 Å². The molecule has 3 rings (SSSR count). The predicted octanol–water partition coefficient (Wildman–Crippen LogP) is 3.46. The van der Waals surface area contributed by atoms with Gasteiger partial charge in [-0.05, 0) is 42.0 Å². The number of hydrogen-bond donors (Lipinski definition) is 1. The van der Waals surface area contributed by atoms with Gasteiger partial charge in [0, 0.05) is 12.2 Å². The first kappa shape index (κ1) is 10.4. The highest BCUT2D eigenvalue weighted by molar-refractivity contribution is 7.99. The summed E-state index contributed by atoms with van der Waals surface area (Å²) in [4.78, 5) is 4.28. The van der Waals surface area contributed by atoms with Gasteiger partial charge in [0.05, 0.1) is 15.7 Å². The highest BCUT2D eigenvalue weighted by Gasteiger charge is 2.14. The van der Waals surface area contributed by atoms with E-state index in [4.69, 9.17) is 0 Å². The summed E-state index contributed by atoms with van der Waals surface area (Å²) in [6.45, 7) is 1.11. The lowest BCUT2D eigenvalue weighted by atomic mass is 10.1. The van der Waals surface area contributed by atoms with Gasteiger partial charge in [-0.25, -0.2) is 4.98 Å². The van der Waals surface area contributed by atoms with Crippen molar-refractivity contribution < 1.29 is 0 Å². The van der Waals surface area contributed by atoms with Crippen LogP contribution in [0.25, 0.3) is 10.2 Å². The monoisotopic (exact) mass is 250 g/mol. The molecule has 2 heterocycles. The number of hydrogen-bond acceptors (Lipinski definition) is 4. The van der Waals surface area contributed by atoms with Crippen LogP contribution in [-0.4, -0.2) is 23.0 Å². The molecule has 1 saturated heterocycles. The van der Waals surface area contributed by atoms with Gasteiger partial charge in [-0.3, -0.25) is 0 Å². The standard InChI is InChI=1S/C12H14N2S2/c1-2-11-12(16-8-14-11)5-10(1)13-6-9-3-4-15-7-9/h1-2,5,8-9,13H,3-4,6-7H2. The van der Waals surface area contributed by atoms with E-state index in [2.05, 4.69) is 40.3 Å².